The summed E-state index contributed by atoms with van der Waals surface area (Å²) in [5.41, 5.74) is 1.51. The monoisotopic (exact) mass is 144 g/mol. The Hall–Kier alpha value is -0.970. The minimum absolute atomic E-state index is 0.0231. The number of aromatic nitrogens is 2. The summed E-state index contributed by atoms with van der Waals surface area (Å²) in [6, 6.07) is 0. The van der Waals surface area contributed by atoms with Gasteiger partial charge in [0, 0.05) is 0 Å². The van der Waals surface area contributed by atoms with Crippen LogP contribution in [0.3, 0.4) is 0 Å². The summed E-state index contributed by atoms with van der Waals surface area (Å²) in [7, 11) is 0. The van der Waals surface area contributed by atoms with Crippen LogP contribution in [0, 0.1) is 0 Å². The predicted molar refractivity (Wildman–Crippen MR) is 31.2 cm³/mol. The number of hydrogen-bond donors (Lipinski definition) is 1. The Morgan fingerprint density at radius 3 is 3.11 bits per heavy atom. The molecule has 0 bridgehead atoms. The van der Waals surface area contributed by atoms with Crippen LogP contribution in [0.4, 0.5) is 0 Å². The van der Waals surface area contributed by atoms with Crippen LogP contribution in [-0.2, 0) is 11.2 Å². The molecule has 4 nitrogen and oxygen atoms in total. The lowest BCUT2D eigenvalue weighted by atomic mass is 10.5. The summed E-state index contributed by atoms with van der Waals surface area (Å²) in [6.07, 6.45) is -0.0231. The molecule has 0 spiro atoms. The minimum Gasteiger partial charge on any atom is -0.481 e. The van der Waals surface area contributed by atoms with Crippen LogP contribution >= 0.6 is 11.3 Å². The summed E-state index contributed by atoms with van der Waals surface area (Å²) in [5.74, 6) is -0.869. The van der Waals surface area contributed by atoms with Crippen LogP contribution in [0.1, 0.15) is 5.01 Å². The Balaban J connectivity index is 2.58. The van der Waals surface area contributed by atoms with E-state index >= 15 is 0 Å². The third-order valence-electron chi connectivity index (χ3n) is 0.708. The van der Waals surface area contributed by atoms with Gasteiger partial charge in [0.25, 0.3) is 0 Å². The van der Waals surface area contributed by atoms with E-state index in [0.29, 0.717) is 5.01 Å². The molecule has 0 aliphatic heterocycles. The first-order valence-electron chi connectivity index (χ1n) is 2.26. The van der Waals surface area contributed by atoms with E-state index in [1.807, 2.05) is 0 Å². The average molecular weight is 144 g/mol. The van der Waals surface area contributed by atoms with Gasteiger partial charge < -0.3 is 5.11 Å². The van der Waals surface area contributed by atoms with Crippen molar-refractivity contribution in [2.24, 2.45) is 0 Å². The second-order valence-electron chi connectivity index (χ2n) is 1.40. The summed E-state index contributed by atoms with van der Waals surface area (Å²) in [6.45, 7) is 0. The Bertz CT molecular complexity index is 196. The highest BCUT2D eigenvalue weighted by Crippen LogP contribution is 2.00. The normalized spacial score (nSPS) is 9.33. The molecule has 0 amide bonds. The van der Waals surface area contributed by atoms with E-state index in [-0.39, 0.29) is 6.42 Å². The van der Waals surface area contributed by atoms with E-state index < -0.39 is 5.97 Å². The molecule has 9 heavy (non-hydrogen) atoms. The maximum Gasteiger partial charge on any atom is 0.310 e. The highest BCUT2D eigenvalue weighted by Gasteiger charge is 2.01. The zero-order valence-corrected chi connectivity index (χ0v) is 5.26. The number of rotatable bonds is 2. The number of carboxylic acid groups (broad SMARTS) is 1. The van der Waals surface area contributed by atoms with Crippen LogP contribution < -0.4 is 0 Å². The molecule has 0 saturated carbocycles. The highest BCUT2D eigenvalue weighted by atomic mass is 32.1. The van der Waals surface area contributed by atoms with Crippen molar-refractivity contribution in [3.63, 3.8) is 0 Å². The molecule has 1 aromatic heterocycles. The van der Waals surface area contributed by atoms with Crippen LogP contribution in [-0.4, -0.2) is 21.3 Å². The number of carbonyl (C=O) groups is 1. The molecule has 1 heterocycles. The van der Waals surface area contributed by atoms with Crippen molar-refractivity contribution >= 4 is 17.3 Å². The molecule has 1 rings (SSSR count). The van der Waals surface area contributed by atoms with Crippen LogP contribution in [0.15, 0.2) is 5.51 Å². The van der Waals surface area contributed by atoms with E-state index in [4.69, 9.17) is 5.11 Å². The van der Waals surface area contributed by atoms with Crippen LogP contribution in [0.25, 0.3) is 0 Å². The van der Waals surface area contributed by atoms with Gasteiger partial charge in [0.1, 0.15) is 10.5 Å². The first kappa shape index (κ1) is 6.15. The second-order valence-corrected chi connectivity index (χ2v) is 2.32. The van der Waals surface area contributed by atoms with Gasteiger partial charge in [0.15, 0.2) is 0 Å². The van der Waals surface area contributed by atoms with Crippen molar-refractivity contribution in [3.05, 3.63) is 10.5 Å². The Labute approximate surface area is 55.2 Å². The molecular weight excluding hydrogens is 140 g/mol. The van der Waals surface area contributed by atoms with E-state index in [9.17, 15) is 4.79 Å². The zero-order chi connectivity index (χ0) is 6.69. The molecule has 5 heteroatoms. The van der Waals surface area contributed by atoms with Crippen molar-refractivity contribution in [1.29, 1.82) is 0 Å². The van der Waals surface area contributed by atoms with Gasteiger partial charge >= 0.3 is 5.97 Å². The molecule has 1 N–H and O–H groups in total. The maximum atomic E-state index is 10.0. The third-order valence-corrected chi connectivity index (χ3v) is 1.41. The Kier molecular flexibility index (Phi) is 1.74. The maximum absolute atomic E-state index is 10.0. The molecule has 48 valence electrons. The smallest absolute Gasteiger partial charge is 0.310 e. The molecule has 0 unspecified atom stereocenters. The summed E-state index contributed by atoms with van der Waals surface area (Å²) >= 11 is 1.25. The molecule has 0 aliphatic carbocycles. The number of hydrogen-bond acceptors (Lipinski definition) is 4. The minimum atomic E-state index is -0.869. The van der Waals surface area contributed by atoms with Crippen LogP contribution in [0.2, 0.25) is 0 Å². The lowest BCUT2D eigenvalue weighted by Gasteiger charge is -1.82. The van der Waals surface area contributed by atoms with Gasteiger partial charge in [-0.1, -0.05) is 0 Å². The quantitative estimate of drug-likeness (QED) is 0.642. The van der Waals surface area contributed by atoms with E-state index in [1.54, 1.807) is 0 Å². The first-order chi connectivity index (χ1) is 4.29. The second kappa shape index (κ2) is 2.54. The SMILES string of the molecule is O=C(O)Cc1nncs1. The molecular formula is C4H4N2O2S. The summed E-state index contributed by atoms with van der Waals surface area (Å²) in [4.78, 5) is 10.0. The van der Waals surface area contributed by atoms with E-state index in [0.717, 1.165) is 0 Å². The van der Waals surface area contributed by atoms with Gasteiger partial charge in [-0.15, -0.1) is 21.5 Å². The lowest BCUT2D eigenvalue weighted by Crippen LogP contribution is -1.98. The van der Waals surface area contributed by atoms with Crippen molar-refractivity contribution in [2.75, 3.05) is 0 Å². The van der Waals surface area contributed by atoms with Crippen molar-refractivity contribution in [1.82, 2.24) is 10.2 Å². The fourth-order valence-corrected chi connectivity index (χ4v) is 0.919. The first-order valence-corrected chi connectivity index (χ1v) is 3.14. The largest absolute Gasteiger partial charge is 0.481 e. The van der Waals surface area contributed by atoms with Gasteiger partial charge in [-0.3, -0.25) is 4.79 Å². The summed E-state index contributed by atoms with van der Waals surface area (Å²) < 4.78 is 0. The highest BCUT2D eigenvalue weighted by molar-refractivity contribution is 7.09. The Morgan fingerprint density at radius 2 is 2.67 bits per heavy atom. The molecule has 0 fully saturated rings. The molecule has 0 saturated heterocycles. The molecule has 1 aromatic rings. The van der Waals surface area contributed by atoms with Crippen molar-refractivity contribution in [3.8, 4) is 0 Å². The molecule has 0 aromatic carbocycles. The number of aliphatic carboxylic acids is 1. The molecule has 0 radical (unpaired) electrons. The predicted octanol–water partition coefficient (Wildman–Crippen LogP) is 0.165. The van der Waals surface area contributed by atoms with Gasteiger partial charge in [0.2, 0.25) is 0 Å². The van der Waals surface area contributed by atoms with E-state index in [2.05, 4.69) is 10.2 Å². The topological polar surface area (TPSA) is 63.1 Å². The van der Waals surface area contributed by atoms with Crippen LogP contribution in [0.5, 0.6) is 0 Å². The van der Waals surface area contributed by atoms with Gasteiger partial charge in [-0.05, 0) is 0 Å². The fraction of sp³-hybridized carbons (Fsp3) is 0.250. The fourth-order valence-electron chi connectivity index (χ4n) is 0.402. The summed E-state index contributed by atoms with van der Waals surface area (Å²) in [5, 5.41) is 15.8. The molecule has 0 aliphatic rings. The van der Waals surface area contributed by atoms with Gasteiger partial charge in [0.05, 0.1) is 6.42 Å². The van der Waals surface area contributed by atoms with Gasteiger partial charge in [-0.25, -0.2) is 0 Å². The zero-order valence-electron chi connectivity index (χ0n) is 4.44. The van der Waals surface area contributed by atoms with E-state index in [1.165, 1.54) is 16.8 Å². The molecule has 0 atom stereocenters. The average Bonchev–Trinajstić information content (AvgIpc) is 2.15. The number of carboxylic acids is 1. The third kappa shape index (κ3) is 1.77. The van der Waals surface area contributed by atoms with Crippen molar-refractivity contribution in [2.45, 2.75) is 6.42 Å². The van der Waals surface area contributed by atoms with Crippen molar-refractivity contribution < 1.29 is 9.90 Å². The lowest BCUT2D eigenvalue weighted by molar-refractivity contribution is -0.136. The van der Waals surface area contributed by atoms with Gasteiger partial charge in [-0.2, -0.15) is 0 Å². The Morgan fingerprint density at radius 1 is 1.89 bits per heavy atom. The standard InChI is InChI=1S/C4H4N2O2S/c7-4(8)1-3-6-5-2-9-3/h2H,1H2,(H,7,8). The number of nitrogens with zero attached hydrogens (tertiary/aromatic N) is 2.